The van der Waals surface area contributed by atoms with E-state index in [4.69, 9.17) is 18.9 Å². The van der Waals surface area contributed by atoms with E-state index in [-0.39, 0.29) is 5.69 Å². The SMILES string of the molecule is CCOc1ccccc1-c1cc(C(=O)NN=Cc2cc(OC)c(OC)c(OC)c2)[nH]n1. The minimum atomic E-state index is -0.434. The van der Waals surface area contributed by atoms with Gasteiger partial charge in [-0.25, -0.2) is 5.43 Å². The summed E-state index contributed by atoms with van der Waals surface area (Å²) >= 11 is 0. The third-order valence-corrected chi connectivity index (χ3v) is 4.35. The van der Waals surface area contributed by atoms with Crippen LogP contribution in [0.2, 0.25) is 0 Å². The molecule has 0 unspecified atom stereocenters. The fourth-order valence-corrected chi connectivity index (χ4v) is 2.94. The largest absolute Gasteiger partial charge is 0.493 e. The first-order valence-electron chi connectivity index (χ1n) is 9.52. The fourth-order valence-electron chi connectivity index (χ4n) is 2.94. The van der Waals surface area contributed by atoms with Crippen molar-refractivity contribution in [1.82, 2.24) is 15.6 Å². The number of carbonyl (C=O) groups excluding carboxylic acids is 1. The molecule has 0 aliphatic heterocycles. The summed E-state index contributed by atoms with van der Waals surface area (Å²) in [6.45, 7) is 2.44. The number of aromatic amines is 1. The average molecular weight is 424 g/mol. The number of benzene rings is 2. The van der Waals surface area contributed by atoms with Crippen LogP contribution in [0.4, 0.5) is 0 Å². The number of nitrogens with one attached hydrogen (secondary N) is 2. The highest BCUT2D eigenvalue weighted by atomic mass is 16.5. The van der Waals surface area contributed by atoms with Gasteiger partial charge in [0.25, 0.3) is 5.91 Å². The van der Waals surface area contributed by atoms with Crippen LogP contribution in [0.3, 0.4) is 0 Å². The monoisotopic (exact) mass is 424 g/mol. The van der Waals surface area contributed by atoms with Gasteiger partial charge in [-0.3, -0.25) is 9.89 Å². The summed E-state index contributed by atoms with van der Waals surface area (Å²) in [6, 6.07) is 12.6. The number of ether oxygens (including phenoxy) is 4. The van der Waals surface area contributed by atoms with Gasteiger partial charge in [0, 0.05) is 11.1 Å². The molecule has 3 rings (SSSR count). The highest BCUT2D eigenvalue weighted by Gasteiger charge is 2.14. The van der Waals surface area contributed by atoms with Gasteiger partial charge in [-0.2, -0.15) is 10.2 Å². The third kappa shape index (κ3) is 4.95. The summed E-state index contributed by atoms with van der Waals surface area (Å²) in [7, 11) is 4.58. The third-order valence-electron chi connectivity index (χ3n) is 4.35. The molecular formula is C22H24N4O5. The van der Waals surface area contributed by atoms with Gasteiger partial charge in [-0.15, -0.1) is 0 Å². The molecule has 0 saturated heterocycles. The molecule has 9 heteroatoms. The van der Waals surface area contributed by atoms with Crippen molar-refractivity contribution in [1.29, 1.82) is 0 Å². The van der Waals surface area contributed by atoms with Gasteiger partial charge < -0.3 is 18.9 Å². The zero-order chi connectivity index (χ0) is 22.2. The Balaban J connectivity index is 1.73. The Hall–Kier alpha value is -4.01. The van der Waals surface area contributed by atoms with E-state index < -0.39 is 5.91 Å². The minimum absolute atomic E-state index is 0.267. The van der Waals surface area contributed by atoms with Crippen LogP contribution < -0.4 is 24.4 Å². The quantitative estimate of drug-likeness (QED) is 0.403. The zero-order valence-electron chi connectivity index (χ0n) is 17.8. The van der Waals surface area contributed by atoms with E-state index in [1.165, 1.54) is 27.5 Å². The summed E-state index contributed by atoms with van der Waals surface area (Å²) in [5.41, 5.74) is 4.79. The number of methoxy groups -OCH3 is 3. The predicted molar refractivity (Wildman–Crippen MR) is 116 cm³/mol. The molecule has 1 heterocycles. The Morgan fingerprint density at radius 1 is 1.06 bits per heavy atom. The predicted octanol–water partition coefficient (Wildman–Crippen LogP) is 3.27. The van der Waals surface area contributed by atoms with Crippen LogP contribution in [0.25, 0.3) is 11.3 Å². The van der Waals surface area contributed by atoms with Gasteiger partial charge in [-0.05, 0) is 37.3 Å². The van der Waals surface area contributed by atoms with Crippen molar-refractivity contribution in [2.45, 2.75) is 6.92 Å². The molecule has 0 bridgehead atoms. The first-order valence-corrected chi connectivity index (χ1v) is 9.52. The van der Waals surface area contributed by atoms with Crippen LogP contribution >= 0.6 is 0 Å². The molecule has 0 saturated carbocycles. The average Bonchev–Trinajstić information content (AvgIpc) is 3.29. The lowest BCUT2D eigenvalue weighted by molar-refractivity contribution is 0.0950. The molecular weight excluding hydrogens is 400 g/mol. The maximum absolute atomic E-state index is 12.4. The van der Waals surface area contributed by atoms with E-state index in [9.17, 15) is 4.79 Å². The summed E-state index contributed by atoms with van der Waals surface area (Å²) in [4.78, 5) is 12.4. The van der Waals surface area contributed by atoms with Crippen LogP contribution in [-0.2, 0) is 0 Å². The standard InChI is InChI=1S/C22H24N4O5/c1-5-31-18-9-7-6-8-15(18)16-12-17(25-24-16)22(27)26-23-13-14-10-19(28-2)21(30-4)20(11-14)29-3/h6-13H,5H2,1-4H3,(H,24,25)(H,26,27). The van der Waals surface area contributed by atoms with Gasteiger partial charge in [0.2, 0.25) is 5.75 Å². The molecule has 0 aliphatic carbocycles. The van der Waals surface area contributed by atoms with Crippen LogP contribution in [-0.4, -0.2) is 50.3 Å². The highest BCUT2D eigenvalue weighted by molar-refractivity contribution is 5.94. The molecule has 3 aromatic rings. The number of hydrogen-bond acceptors (Lipinski definition) is 7. The molecule has 0 fully saturated rings. The van der Waals surface area contributed by atoms with E-state index in [2.05, 4.69) is 20.7 Å². The maximum atomic E-state index is 12.4. The van der Waals surface area contributed by atoms with Crippen molar-refractivity contribution in [3.8, 4) is 34.3 Å². The number of nitrogens with zero attached hydrogens (tertiary/aromatic N) is 2. The van der Waals surface area contributed by atoms with E-state index in [0.29, 0.717) is 40.9 Å². The van der Waals surface area contributed by atoms with Gasteiger partial charge in [0.1, 0.15) is 11.4 Å². The van der Waals surface area contributed by atoms with Gasteiger partial charge >= 0.3 is 0 Å². The topological polar surface area (TPSA) is 107 Å². The van der Waals surface area contributed by atoms with Crippen molar-refractivity contribution in [3.63, 3.8) is 0 Å². The van der Waals surface area contributed by atoms with Crippen LogP contribution in [0.5, 0.6) is 23.0 Å². The molecule has 162 valence electrons. The lowest BCUT2D eigenvalue weighted by atomic mass is 10.1. The van der Waals surface area contributed by atoms with E-state index >= 15 is 0 Å². The molecule has 9 nitrogen and oxygen atoms in total. The van der Waals surface area contributed by atoms with Crippen LogP contribution in [0, 0.1) is 0 Å². The summed E-state index contributed by atoms with van der Waals surface area (Å²) in [5.74, 6) is 1.71. The first-order chi connectivity index (χ1) is 15.1. The van der Waals surface area contributed by atoms with Gasteiger partial charge in [0.05, 0.1) is 39.8 Å². The number of carbonyl (C=O) groups is 1. The van der Waals surface area contributed by atoms with E-state index in [0.717, 1.165) is 5.56 Å². The summed E-state index contributed by atoms with van der Waals surface area (Å²) in [6.07, 6.45) is 1.48. The Kier molecular flexibility index (Phi) is 7.10. The molecule has 1 amide bonds. The Morgan fingerprint density at radius 2 is 1.77 bits per heavy atom. The number of para-hydroxylation sites is 1. The van der Waals surface area contributed by atoms with Crippen molar-refractivity contribution in [2.24, 2.45) is 5.10 Å². The number of H-pyrrole nitrogens is 1. The van der Waals surface area contributed by atoms with Crippen molar-refractivity contribution >= 4 is 12.1 Å². The first kappa shape index (κ1) is 21.7. The Bertz CT molecular complexity index is 1050. The lowest BCUT2D eigenvalue weighted by Crippen LogP contribution is -2.18. The number of amides is 1. The number of hydrogen-bond donors (Lipinski definition) is 2. The summed E-state index contributed by atoms with van der Waals surface area (Å²) < 4.78 is 21.5. The van der Waals surface area contributed by atoms with Crippen LogP contribution in [0.1, 0.15) is 23.0 Å². The second-order valence-electron chi connectivity index (χ2n) is 6.25. The molecule has 0 spiro atoms. The summed E-state index contributed by atoms with van der Waals surface area (Å²) in [5, 5.41) is 10.9. The molecule has 31 heavy (non-hydrogen) atoms. The lowest BCUT2D eigenvalue weighted by Gasteiger charge is -2.12. The smallest absolute Gasteiger partial charge is 0.289 e. The maximum Gasteiger partial charge on any atom is 0.289 e. The number of hydrazone groups is 1. The second-order valence-corrected chi connectivity index (χ2v) is 6.25. The van der Waals surface area contributed by atoms with E-state index in [1.807, 2.05) is 31.2 Å². The van der Waals surface area contributed by atoms with Crippen LogP contribution in [0.15, 0.2) is 47.6 Å². The zero-order valence-corrected chi connectivity index (χ0v) is 17.8. The van der Waals surface area contributed by atoms with Gasteiger partial charge in [0.15, 0.2) is 11.5 Å². The molecule has 0 radical (unpaired) electrons. The molecule has 2 aromatic carbocycles. The number of rotatable bonds is 9. The van der Waals surface area contributed by atoms with Crippen molar-refractivity contribution < 1.29 is 23.7 Å². The Labute approximate surface area is 180 Å². The second kappa shape index (κ2) is 10.1. The van der Waals surface area contributed by atoms with Crippen molar-refractivity contribution in [2.75, 3.05) is 27.9 Å². The van der Waals surface area contributed by atoms with Gasteiger partial charge in [-0.1, -0.05) is 12.1 Å². The molecule has 2 N–H and O–H groups in total. The Morgan fingerprint density at radius 3 is 2.42 bits per heavy atom. The molecule has 0 atom stereocenters. The normalized spacial score (nSPS) is 10.7. The molecule has 0 aliphatic rings. The number of aromatic nitrogens is 2. The fraction of sp³-hybridized carbons (Fsp3) is 0.227. The minimum Gasteiger partial charge on any atom is -0.493 e. The van der Waals surface area contributed by atoms with Crippen molar-refractivity contribution in [3.05, 3.63) is 53.7 Å². The van der Waals surface area contributed by atoms with E-state index in [1.54, 1.807) is 18.2 Å². The highest BCUT2D eigenvalue weighted by Crippen LogP contribution is 2.37. The molecule has 1 aromatic heterocycles.